The number of nitrogens with one attached hydrogen (secondary N) is 1. The number of amides is 1. The second-order valence-corrected chi connectivity index (χ2v) is 8.34. The van der Waals surface area contributed by atoms with E-state index in [0.29, 0.717) is 36.1 Å². The third kappa shape index (κ3) is 4.95. The quantitative estimate of drug-likeness (QED) is 0.663. The van der Waals surface area contributed by atoms with Gasteiger partial charge in [0.1, 0.15) is 24.6 Å². The molecule has 4 rings (SSSR count). The maximum atomic E-state index is 12.7. The molecule has 1 atom stereocenters. The highest BCUT2D eigenvalue weighted by Gasteiger charge is 2.24. The molecule has 1 N–H and O–H groups in total. The van der Waals surface area contributed by atoms with Crippen LogP contribution in [0.3, 0.4) is 0 Å². The van der Waals surface area contributed by atoms with Crippen molar-refractivity contribution < 1.29 is 23.8 Å². The summed E-state index contributed by atoms with van der Waals surface area (Å²) in [4.78, 5) is 31.7. The second-order valence-electron chi connectivity index (χ2n) is 8.34. The van der Waals surface area contributed by atoms with Gasteiger partial charge in [-0.25, -0.2) is 9.78 Å². The predicted octanol–water partition coefficient (Wildman–Crippen LogP) is 3.12. The fourth-order valence-corrected chi connectivity index (χ4v) is 4.05. The number of nitrogens with zero attached hydrogens (tertiary/aromatic N) is 2. The van der Waals surface area contributed by atoms with E-state index in [9.17, 15) is 9.59 Å². The second kappa shape index (κ2) is 9.89. The molecule has 2 aliphatic heterocycles. The van der Waals surface area contributed by atoms with Gasteiger partial charge >= 0.3 is 5.97 Å². The van der Waals surface area contributed by atoms with Crippen LogP contribution >= 0.6 is 0 Å². The fourth-order valence-electron chi connectivity index (χ4n) is 4.05. The molecule has 0 radical (unpaired) electrons. The zero-order valence-corrected chi connectivity index (χ0v) is 18.5. The Balaban J connectivity index is 1.39. The number of benzene rings is 1. The summed E-state index contributed by atoms with van der Waals surface area (Å²) in [7, 11) is 0. The molecule has 1 aromatic carbocycles. The standard InChI is InChI=1S/C24H29N3O5/c1-16(2)22(17-7-8-19-20(14-17)31-13-12-30-19)26-21(28)15-32-24(29)18-6-5-9-25-23(18)27-10-3-4-11-27/h5-9,14,16,22H,3-4,10-13,15H2,1-2H3,(H,26,28). The molecule has 0 aliphatic carbocycles. The van der Waals surface area contributed by atoms with Crippen LogP contribution in [0, 0.1) is 5.92 Å². The number of carbonyl (C=O) groups excluding carboxylic acids is 2. The van der Waals surface area contributed by atoms with Crippen molar-refractivity contribution in [1.82, 2.24) is 10.3 Å². The van der Waals surface area contributed by atoms with Crippen LogP contribution in [0.1, 0.15) is 48.7 Å². The molecule has 8 heteroatoms. The number of anilines is 1. The molecule has 1 aromatic heterocycles. The highest BCUT2D eigenvalue weighted by molar-refractivity contribution is 5.96. The van der Waals surface area contributed by atoms with Crippen LogP contribution in [-0.2, 0) is 9.53 Å². The molecule has 1 fully saturated rings. The number of aromatic nitrogens is 1. The van der Waals surface area contributed by atoms with Crippen molar-refractivity contribution >= 4 is 17.7 Å². The molecular formula is C24H29N3O5. The Morgan fingerprint density at radius 3 is 2.62 bits per heavy atom. The number of ether oxygens (including phenoxy) is 3. The van der Waals surface area contributed by atoms with Gasteiger partial charge in [-0.05, 0) is 48.6 Å². The SMILES string of the molecule is CC(C)C(NC(=O)COC(=O)c1cccnc1N1CCCC1)c1ccc2c(c1)OCCO2. The maximum Gasteiger partial charge on any atom is 0.342 e. The zero-order valence-electron chi connectivity index (χ0n) is 18.5. The van der Waals surface area contributed by atoms with E-state index >= 15 is 0 Å². The Kier molecular flexibility index (Phi) is 6.78. The number of hydrogen-bond acceptors (Lipinski definition) is 7. The van der Waals surface area contributed by atoms with Gasteiger partial charge in [0.05, 0.1) is 6.04 Å². The average Bonchev–Trinajstić information content (AvgIpc) is 3.35. The lowest BCUT2D eigenvalue weighted by atomic mass is 9.95. The van der Waals surface area contributed by atoms with Crippen molar-refractivity contribution in [2.24, 2.45) is 5.92 Å². The number of fused-ring (bicyclic) bond motifs is 1. The average molecular weight is 440 g/mol. The van der Waals surface area contributed by atoms with E-state index in [1.165, 1.54) is 0 Å². The fraction of sp³-hybridized carbons (Fsp3) is 0.458. The van der Waals surface area contributed by atoms with E-state index in [-0.39, 0.29) is 24.5 Å². The summed E-state index contributed by atoms with van der Waals surface area (Å²) in [5.74, 6) is 1.21. The Morgan fingerprint density at radius 1 is 1.12 bits per heavy atom. The van der Waals surface area contributed by atoms with E-state index in [0.717, 1.165) is 31.5 Å². The number of esters is 1. The minimum Gasteiger partial charge on any atom is -0.486 e. The lowest BCUT2D eigenvalue weighted by molar-refractivity contribution is -0.125. The maximum absolute atomic E-state index is 12.7. The first kappa shape index (κ1) is 21.9. The Bertz CT molecular complexity index is 972. The topological polar surface area (TPSA) is 90.0 Å². The van der Waals surface area contributed by atoms with Gasteiger partial charge < -0.3 is 24.4 Å². The van der Waals surface area contributed by atoms with Crippen LogP contribution in [0.15, 0.2) is 36.5 Å². The molecular weight excluding hydrogens is 410 g/mol. The molecule has 32 heavy (non-hydrogen) atoms. The summed E-state index contributed by atoms with van der Waals surface area (Å²) >= 11 is 0. The highest BCUT2D eigenvalue weighted by Crippen LogP contribution is 2.34. The van der Waals surface area contributed by atoms with E-state index < -0.39 is 5.97 Å². The van der Waals surface area contributed by atoms with Gasteiger partial charge in [0.25, 0.3) is 5.91 Å². The van der Waals surface area contributed by atoms with Crippen LogP contribution < -0.4 is 19.7 Å². The normalized spacial score (nSPS) is 16.0. The molecule has 1 amide bonds. The molecule has 2 aliphatic rings. The molecule has 0 spiro atoms. The molecule has 3 heterocycles. The van der Waals surface area contributed by atoms with E-state index in [1.54, 1.807) is 18.3 Å². The van der Waals surface area contributed by atoms with Crippen molar-refractivity contribution in [3.05, 3.63) is 47.7 Å². The monoisotopic (exact) mass is 439 g/mol. The first-order chi connectivity index (χ1) is 15.5. The van der Waals surface area contributed by atoms with Crippen LogP contribution in [-0.4, -0.2) is 49.8 Å². The molecule has 170 valence electrons. The van der Waals surface area contributed by atoms with Gasteiger partial charge in [-0.15, -0.1) is 0 Å². The first-order valence-corrected chi connectivity index (χ1v) is 11.1. The summed E-state index contributed by atoms with van der Waals surface area (Å²) in [5, 5.41) is 2.98. The summed E-state index contributed by atoms with van der Waals surface area (Å²) in [6.07, 6.45) is 3.81. The van der Waals surface area contributed by atoms with Crippen molar-refractivity contribution in [3.8, 4) is 11.5 Å². The molecule has 1 unspecified atom stereocenters. The number of hydrogen-bond donors (Lipinski definition) is 1. The lowest BCUT2D eigenvalue weighted by Crippen LogP contribution is -2.35. The molecule has 8 nitrogen and oxygen atoms in total. The minimum atomic E-state index is -0.546. The number of carbonyl (C=O) groups is 2. The summed E-state index contributed by atoms with van der Waals surface area (Å²) in [5.41, 5.74) is 1.29. The van der Waals surface area contributed by atoms with Gasteiger partial charge in [0.2, 0.25) is 0 Å². The summed E-state index contributed by atoms with van der Waals surface area (Å²) in [6, 6.07) is 8.80. The van der Waals surface area contributed by atoms with Crippen molar-refractivity contribution in [3.63, 3.8) is 0 Å². The van der Waals surface area contributed by atoms with E-state index in [2.05, 4.69) is 15.2 Å². The van der Waals surface area contributed by atoms with Crippen molar-refractivity contribution in [2.75, 3.05) is 37.8 Å². The molecule has 1 saturated heterocycles. The van der Waals surface area contributed by atoms with Crippen molar-refractivity contribution in [1.29, 1.82) is 0 Å². The third-order valence-corrected chi connectivity index (χ3v) is 5.66. The van der Waals surface area contributed by atoms with Gasteiger partial charge in [-0.2, -0.15) is 0 Å². The lowest BCUT2D eigenvalue weighted by Gasteiger charge is -2.25. The first-order valence-electron chi connectivity index (χ1n) is 11.1. The van der Waals surface area contributed by atoms with Gasteiger partial charge in [0, 0.05) is 19.3 Å². The third-order valence-electron chi connectivity index (χ3n) is 5.66. The highest BCUT2D eigenvalue weighted by atomic mass is 16.6. The van der Waals surface area contributed by atoms with Gasteiger partial charge in [-0.3, -0.25) is 4.79 Å². The van der Waals surface area contributed by atoms with E-state index in [4.69, 9.17) is 14.2 Å². The Hall–Kier alpha value is -3.29. The Morgan fingerprint density at radius 2 is 1.88 bits per heavy atom. The summed E-state index contributed by atoms with van der Waals surface area (Å²) < 4.78 is 16.6. The minimum absolute atomic E-state index is 0.123. The number of pyridine rings is 1. The zero-order chi connectivity index (χ0) is 22.5. The van der Waals surface area contributed by atoms with Crippen molar-refractivity contribution in [2.45, 2.75) is 32.7 Å². The van der Waals surface area contributed by atoms with E-state index in [1.807, 2.05) is 32.0 Å². The largest absolute Gasteiger partial charge is 0.486 e. The van der Waals surface area contributed by atoms with Crippen LogP contribution in [0.4, 0.5) is 5.82 Å². The van der Waals surface area contributed by atoms with Gasteiger partial charge in [-0.1, -0.05) is 19.9 Å². The summed E-state index contributed by atoms with van der Waals surface area (Å²) in [6.45, 7) is 6.43. The van der Waals surface area contributed by atoms with Crippen LogP contribution in [0.25, 0.3) is 0 Å². The predicted molar refractivity (Wildman–Crippen MR) is 119 cm³/mol. The smallest absolute Gasteiger partial charge is 0.342 e. The molecule has 2 aromatic rings. The van der Waals surface area contributed by atoms with Crippen LogP contribution in [0.2, 0.25) is 0 Å². The Labute approximate surface area is 187 Å². The number of rotatable bonds is 7. The van der Waals surface area contributed by atoms with Crippen LogP contribution in [0.5, 0.6) is 11.5 Å². The van der Waals surface area contributed by atoms with Gasteiger partial charge in [0.15, 0.2) is 18.1 Å². The molecule has 0 bridgehead atoms. The molecule has 0 saturated carbocycles.